The number of thioether (sulfide) groups is 1. The molecule has 0 saturated carbocycles. The molecule has 21 heavy (non-hydrogen) atoms. The molecule has 1 aromatic heterocycles. The van der Waals surface area contributed by atoms with Gasteiger partial charge < -0.3 is 0 Å². The van der Waals surface area contributed by atoms with E-state index in [2.05, 4.69) is 61.4 Å². The Hall–Kier alpha value is -1.29. The fraction of sp³-hybridized carbons (Fsp3) is 0.529. The summed E-state index contributed by atoms with van der Waals surface area (Å²) in [5, 5.41) is 4.77. The molecule has 3 nitrogen and oxygen atoms in total. The summed E-state index contributed by atoms with van der Waals surface area (Å²) < 4.78 is 1.92. The average molecular weight is 303 g/mol. The van der Waals surface area contributed by atoms with Crippen LogP contribution in [-0.2, 0) is 18.4 Å². The summed E-state index contributed by atoms with van der Waals surface area (Å²) >= 11 is 1.91. The smallest absolute Gasteiger partial charge is 0.137 e. The maximum atomic E-state index is 4.19. The molecular formula is C17H25N3S. The third-order valence-electron chi connectivity index (χ3n) is 3.77. The Morgan fingerprint density at radius 3 is 2.43 bits per heavy atom. The molecule has 1 heterocycles. The van der Waals surface area contributed by atoms with Crippen molar-refractivity contribution in [2.75, 3.05) is 6.26 Å². The first kappa shape index (κ1) is 16.1. The highest BCUT2D eigenvalue weighted by Gasteiger charge is 2.13. The molecule has 1 unspecified atom stereocenters. The van der Waals surface area contributed by atoms with Gasteiger partial charge in [0.1, 0.15) is 12.7 Å². The van der Waals surface area contributed by atoms with Gasteiger partial charge in [0, 0.05) is 5.25 Å². The summed E-state index contributed by atoms with van der Waals surface area (Å²) in [6.07, 6.45) is 7.84. The SMILES string of the molecule is CSC(CCc1ccc(C(C)(C)C)cc1)Cn1cncn1. The van der Waals surface area contributed by atoms with Crippen molar-refractivity contribution in [1.29, 1.82) is 0 Å². The van der Waals surface area contributed by atoms with E-state index in [1.807, 2.05) is 16.4 Å². The Morgan fingerprint density at radius 1 is 1.19 bits per heavy atom. The lowest BCUT2D eigenvalue weighted by atomic mass is 9.86. The van der Waals surface area contributed by atoms with E-state index in [1.54, 1.807) is 12.7 Å². The van der Waals surface area contributed by atoms with E-state index < -0.39 is 0 Å². The lowest BCUT2D eigenvalue weighted by Gasteiger charge is -2.19. The van der Waals surface area contributed by atoms with Crippen LogP contribution in [-0.4, -0.2) is 26.3 Å². The van der Waals surface area contributed by atoms with Crippen molar-refractivity contribution in [2.24, 2.45) is 0 Å². The van der Waals surface area contributed by atoms with Crippen molar-refractivity contribution in [3.05, 3.63) is 48.0 Å². The third-order valence-corrected chi connectivity index (χ3v) is 4.82. The molecule has 0 aliphatic rings. The zero-order valence-corrected chi connectivity index (χ0v) is 14.2. The van der Waals surface area contributed by atoms with Crippen molar-refractivity contribution >= 4 is 11.8 Å². The fourth-order valence-electron chi connectivity index (χ4n) is 2.32. The lowest BCUT2D eigenvalue weighted by Crippen LogP contribution is -2.14. The first-order valence-electron chi connectivity index (χ1n) is 7.43. The van der Waals surface area contributed by atoms with E-state index >= 15 is 0 Å². The van der Waals surface area contributed by atoms with Crippen molar-refractivity contribution < 1.29 is 0 Å². The fourth-order valence-corrected chi connectivity index (χ4v) is 2.97. The van der Waals surface area contributed by atoms with Crippen LogP contribution >= 0.6 is 11.8 Å². The minimum Gasteiger partial charge on any atom is -0.252 e. The first-order chi connectivity index (χ1) is 9.99. The van der Waals surface area contributed by atoms with Gasteiger partial charge >= 0.3 is 0 Å². The second-order valence-corrected chi connectivity index (χ2v) is 7.60. The molecule has 1 aromatic carbocycles. The second-order valence-electron chi connectivity index (χ2n) is 6.46. The quantitative estimate of drug-likeness (QED) is 0.810. The van der Waals surface area contributed by atoms with Gasteiger partial charge in [0.05, 0.1) is 6.54 Å². The van der Waals surface area contributed by atoms with Gasteiger partial charge in [-0.1, -0.05) is 45.0 Å². The van der Waals surface area contributed by atoms with Crippen molar-refractivity contribution in [3.8, 4) is 0 Å². The van der Waals surface area contributed by atoms with Crippen molar-refractivity contribution in [1.82, 2.24) is 14.8 Å². The Balaban J connectivity index is 1.89. The molecule has 4 heteroatoms. The van der Waals surface area contributed by atoms with E-state index in [0.29, 0.717) is 5.25 Å². The lowest BCUT2D eigenvalue weighted by molar-refractivity contribution is 0.568. The Morgan fingerprint density at radius 2 is 1.90 bits per heavy atom. The molecule has 0 fully saturated rings. The van der Waals surface area contributed by atoms with Crippen LogP contribution in [0.1, 0.15) is 38.3 Å². The minimum atomic E-state index is 0.230. The Bertz CT molecular complexity index is 526. The van der Waals surface area contributed by atoms with Crippen LogP contribution in [0.4, 0.5) is 0 Å². The zero-order valence-electron chi connectivity index (χ0n) is 13.4. The van der Waals surface area contributed by atoms with E-state index in [1.165, 1.54) is 11.1 Å². The van der Waals surface area contributed by atoms with Crippen LogP contribution in [0.3, 0.4) is 0 Å². The predicted molar refractivity (Wildman–Crippen MR) is 90.8 cm³/mol. The van der Waals surface area contributed by atoms with Gasteiger partial charge in [-0.25, -0.2) is 4.98 Å². The molecule has 0 N–H and O–H groups in total. The summed E-state index contributed by atoms with van der Waals surface area (Å²) in [5.74, 6) is 0. The molecular weight excluding hydrogens is 278 g/mol. The van der Waals surface area contributed by atoms with Gasteiger partial charge in [0.2, 0.25) is 0 Å². The number of aromatic nitrogens is 3. The predicted octanol–water partition coefficient (Wildman–Crippen LogP) is 3.94. The largest absolute Gasteiger partial charge is 0.252 e. The molecule has 114 valence electrons. The summed E-state index contributed by atoms with van der Waals surface area (Å²) in [4.78, 5) is 4.00. The van der Waals surface area contributed by atoms with Gasteiger partial charge in [-0.15, -0.1) is 0 Å². The number of benzene rings is 1. The molecule has 0 amide bonds. The van der Waals surface area contributed by atoms with E-state index in [-0.39, 0.29) is 5.41 Å². The normalized spacial score (nSPS) is 13.3. The molecule has 2 aromatic rings. The van der Waals surface area contributed by atoms with Crippen LogP contribution in [0, 0.1) is 0 Å². The Labute approximate surface area is 132 Å². The molecule has 2 rings (SSSR count). The molecule has 0 aliphatic heterocycles. The van der Waals surface area contributed by atoms with Crippen LogP contribution in [0.2, 0.25) is 0 Å². The number of hydrogen-bond acceptors (Lipinski definition) is 3. The topological polar surface area (TPSA) is 30.7 Å². The molecule has 0 radical (unpaired) electrons. The van der Waals surface area contributed by atoms with Gasteiger partial charge in [-0.3, -0.25) is 4.68 Å². The van der Waals surface area contributed by atoms with Gasteiger partial charge in [0.15, 0.2) is 0 Å². The van der Waals surface area contributed by atoms with E-state index in [4.69, 9.17) is 0 Å². The molecule has 1 atom stereocenters. The van der Waals surface area contributed by atoms with E-state index in [9.17, 15) is 0 Å². The second kappa shape index (κ2) is 7.12. The molecule has 0 saturated heterocycles. The first-order valence-corrected chi connectivity index (χ1v) is 8.72. The van der Waals surface area contributed by atoms with Crippen LogP contribution in [0.5, 0.6) is 0 Å². The number of rotatable bonds is 6. The zero-order chi connectivity index (χ0) is 15.3. The third kappa shape index (κ3) is 4.88. The molecule has 0 aliphatic carbocycles. The Kier molecular flexibility index (Phi) is 5.45. The van der Waals surface area contributed by atoms with Gasteiger partial charge in [0.25, 0.3) is 0 Å². The van der Waals surface area contributed by atoms with E-state index in [0.717, 1.165) is 19.4 Å². The summed E-state index contributed by atoms with van der Waals surface area (Å²) in [7, 11) is 0. The summed E-state index contributed by atoms with van der Waals surface area (Å²) in [5.41, 5.74) is 3.05. The molecule has 0 spiro atoms. The summed E-state index contributed by atoms with van der Waals surface area (Å²) in [6, 6.07) is 9.07. The van der Waals surface area contributed by atoms with Crippen molar-refractivity contribution in [3.63, 3.8) is 0 Å². The maximum Gasteiger partial charge on any atom is 0.137 e. The summed E-state index contributed by atoms with van der Waals surface area (Å²) in [6.45, 7) is 7.69. The highest BCUT2D eigenvalue weighted by Crippen LogP contribution is 2.23. The van der Waals surface area contributed by atoms with Crippen LogP contribution in [0.15, 0.2) is 36.9 Å². The van der Waals surface area contributed by atoms with Gasteiger partial charge in [-0.05, 0) is 35.6 Å². The van der Waals surface area contributed by atoms with Crippen LogP contribution in [0.25, 0.3) is 0 Å². The van der Waals surface area contributed by atoms with Crippen molar-refractivity contribution in [2.45, 2.75) is 50.8 Å². The van der Waals surface area contributed by atoms with Crippen LogP contribution < -0.4 is 0 Å². The van der Waals surface area contributed by atoms with Gasteiger partial charge in [-0.2, -0.15) is 16.9 Å². The number of hydrogen-bond donors (Lipinski definition) is 0. The maximum absolute atomic E-state index is 4.19. The number of nitrogens with zero attached hydrogens (tertiary/aromatic N) is 3. The highest BCUT2D eigenvalue weighted by molar-refractivity contribution is 7.99. The highest BCUT2D eigenvalue weighted by atomic mass is 32.2. The molecule has 0 bridgehead atoms. The number of aryl methyl sites for hydroxylation is 1. The standard InChI is InChI=1S/C17H25N3S/c1-17(2,3)15-8-5-14(6-9-15)7-10-16(21-4)11-20-13-18-12-19-20/h5-6,8-9,12-13,16H,7,10-11H2,1-4H3. The minimum absolute atomic E-state index is 0.230. The monoisotopic (exact) mass is 303 g/mol. The average Bonchev–Trinajstić information content (AvgIpc) is 2.96.